The molecule has 62 valence electrons. The van der Waals surface area contributed by atoms with E-state index < -0.39 is 0 Å². The van der Waals surface area contributed by atoms with Crippen molar-refractivity contribution in [2.75, 3.05) is 7.05 Å². The Bertz CT molecular complexity index is 201. The van der Waals surface area contributed by atoms with Crippen molar-refractivity contribution >= 4 is 5.71 Å². The summed E-state index contributed by atoms with van der Waals surface area (Å²) in [4.78, 5) is 0. The number of allylic oxidation sites excluding steroid dienone is 1. The van der Waals surface area contributed by atoms with E-state index in [1.54, 1.807) is 14.0 Å². The monoisotopic (exact) mass is 153 g/mol. The van der Waals surface area contributed by atoms with E-state index in [2.05, 4.69) is 5.32 Å². The van der Waals surface area contributed by atoms with Crippen molar-refractivity contribution in [3.63, 3.8) is 0 Å². The van der Waals surface area contributed by atoms with Crippen molar-refractivity contribution < 1.29 is 0 Å². The van der Waals surface area contributed by atoms with Crippen LogP contribution in [0, 0.1) is 11.3 Å². The van der Waals surface area contributed by atoms with E-state index >= 15 is 0 Å². The second-order valence-electron chi connectivity index (χ2n) is 2.98. The largest absolute Gasteiger partial charge is 0.385 e. The van der Waals surface area contributed by atoms with E-state index in [4.69, 9.17) is 11.1 Å². The molecule has 0 amide bonds. The lowest BCUT2D eigenvalue weighted by Crippen LogP contribution is -2.21. The third-order valence-electron chi connectivity index (χ3n) is 1.95. The lowest BCUT2D eigenvalue weighted by molar-refractivity contribution is 0.900. The molecule has 11 heavy (non-hydrogen) atoms. The summed E-state index contributed by atoms with van der Waals surface area (Å²) in [5.74, 6) is 1.22. The average molecular weight is 153 g/mol. The molecular formula is C8H15N3. The number of nitrogens with one attached hydrogen (secondary N) is 2. The SMILES string of the molecule is CN/C(N)=C(\C(C)=N)C1CC1. The van der Waals surface area contributed by atoms with Gasteiger partial charge in [-0.1, -0.05) is 0 Å². The molecular weight excluding hydrogens is 138 g/mol. The summed E-state index contributed by atoms with van der Waals surface area (Å²) in [5, 5.41) is 10.4. The van der Waals surface area contributed by atoms with Crippen LogP contribution in [0.3, 0.4) is 0 Å². The quantitative estimate of drug-likeness (QED) is 0.526. The Morgan fingerprint density at radius 1 is 1.55 bits per heavy atom. The minimum absolute atomic E-state index is 0.556. The normalized spacial score (nSPS) is 19.1. The lowest BCUT2D eigenvalue weighted by Gasteiger charge is -2.08. The predicted octanol–water partition coefficient (Wildman–Crippen LogP) is 0.826. The van der Waals surface area contributed by atoms with E-state index in [0.29, 0.717) is 17.5 Å². The van der Waals surface area contributed by atoms with Crippen LogP contribution >= 0.6 is 0 Å². The smallest absolute Gasteiger partial charge is 0.101 e. The third-order valence-corrected chi connectivity index (χ3v) is 1.95. The Labute approximate surface area is 67.2 Å². The van der Waals surface area contributed by atoms with Gasteiger partial charge in [-0.2, -0.15) is 0 Å². The van der Waals surface area contributed by atoms with Crippen molar-refractivity contribution in [3.8, 4) is 0 Å². The summed E-state index contributed by atoms with van der Waals surface area (Å²) in [6, 6.07) is 0. The van der Waals surface area contributed by atoms with E-state index in [1.165, 1.54) is 12.8 Å². The molecule has 0 radical (unpaired) electrons. The Morgan fingerprint density at radius 2 is 2.09 bits per heavy atom. The maximum Gasteiger partial charge on any atom is 0.101 e. The number of hydrogen-bond acceptors (Lipinski definition) is 3. The highest BCUT2D eigenvalue weighted by atomic mass is 15.0. The number of rotatable bonds is 3. The molecule has 0 atom stereocenters. The zero-order chi connectivity index (χ0) is 8.43. The topological polar surface area (TPSA) is 61.9 Å². The first kappa shape index (κ1) is 8.11. The molecule has 1 fully saturated rings. The highest BCUT2D eigenvalue weighted by Gasteiger charge is 2.28. The summed E-state index contributed by atoms with van der Waals surface area (Å²) >= 11 is 0. The number of nitrogens with two attached hydrogens (primary N) is 1. The summed E-state index contributed by atoms with van der Waals surface area (Å²) in [5.41, 5.74) is 7.29. The van der Waals surface area contributed by atoms with Gasteiger partial charge in [-0.15, -0.1) is 0 Å². The standard InChI is InChI=1S/C8H15N3/c1-5(9)7(6-3-4-6)8(10)11-2/h6,9,11H,3-4,10H2,1-2H3/b8-7+,9-5?. The van der Waals surface area contributed by atoms with Crippen LogP contribution < -0.4 is 11.1 Å². The number of hydrogen-bond donors (Lipinski definition) is 3. The van der Waals surface area contributed by atoms with Gasteiger partial charge in [0.1, 0.15) is 5.82 Å². The first-order valence-electron chi connectivity index (χ1n) is 3.89. The first-order chi connectivity index (χ1) is 5.16. The molecule has 0 aromatic carbocycles. The molecule has 1 aliphatic rings. The molecule has 0 aliphatic heterocycles. The van der Waals surface area contributed by atoms with Gasteiger partial charge in [-0.05, 0) is 25.7 Å². The maximum absolute atomic E-state index is 7.48. The van der Waals surface area contributed by atoms with Crippen LogP contribution in [0.2, 0.25) is 0 Å². The van der Waals surface area contributed by atoms with Crippen LogP contribution in [0.15, 0.2) is 11.4 Å². The van der Waals surface area contributed by atoms with Gasteiger partial charge in [0.2, 0.25) is 0 Å². The summed E-state index contributed by atoms with van der Waals surface area (Å²) in [6.45, 7) is 1.79. The van der Waals surface area contributed by atoms with E-state index in [1.807, 2.05) is 0 Å². The molecule has 0 spiro atoms. The zero-order valence-corrected chi connectivity index (χ0v) is 7.07. The van der Waals surface area contributed by atoms with E-state index in [0.717, 1.165) is 5.57 Å². The fourth-order valence-corrected chi connectivity index (χ4v) is 1.23. The molecule has 0 saturated heterocycles. The summed E-state index contributed by atoms with van der Waals surface area (Å²) in [6.07, 6.45) is 2.38. The Hall–Kier alpha value is -0.990. The molecule has 0 heterocycles. The van der Waals surface area contributed by atoms with Crippen LogP contribution in [-0.4, -0.2) is 12.8 Å². The first-order valence-corrected chi connectivity index (χ1v) is 3.89. The van der Waals surface area contributed by atoms with Crippen molar-refractivity contribution in [2.24, 2.45) is 11.7 Å². The molecule has 0 unspecified atom stereocenters. The highest BCUT2D eigenvalue weighted by Crippen LogP contribution is 2.37. The highest BCUT2D eigenvalue weighted by molar-refractivity contribution is 5.97. The minimum Gasteiger partial charge on any atom is -0.385 e. The van der Waals surface area contributed by atoms with Gasteiger partial charge in [-0.3, -0.25) is 0 Å². The second-order valence-corrected chi connectivity index (χ2v) is 2.98. The molecule has 3 nitrogen and oxygen atoms in total. The van der Waals surface area contributed by atoms with E-state index in [9.17, 15) is 0 Å². The van der Waals surface area contributed by atoms with Gasteiger partial charge in [0.05, 0.1) is 0 Å². The van der Waals surface area contributed by atoms with Crippen molar-refractivity contribution in [3.05, 3.63) is 11.4 Å². The van der Waals surface area contributed by atoms with Gasteiger partial charge < -0.3 is 16.5 Å². The lowest BCUT2D eigenvalue weighted by atomic mass is 10.1. The van der Waals surface area contributed by atoms with Gasteiger partial charge in [-0.25, -0.2) is 0 Å². The van der Waals surface area contributed by atoms with Gasteiger partial charge in [0, 0.05) is 18.3 Å². The van der Waals surface area contributed by atoms with Crippen molar-refractivity contribution in [1.29, 1.82) is 5.41 Å². The fraction of sp³-hybridized carbons (Fsp3) is 0.625. The molecule has 0 aromatic heterocycles. The molecule has 0 aromatic rings. The Morgan fingerprint density at radius 3 is 2.36 bits per heavy atom. The molecule has 0 bridgehead atoms. The molecule has 1 rings (SSSR count). The van der Waals surface area contributed by atoms with Crippen LogP contribution in [0.5, 0.6) is 0 Å². The van der Waals surface area contributed by atoms with Crippen LogP contribution in [0.1, 0.15) is 19.8 Å². The second kappa shape index (κ2) is 2.95. The predicted molar refractivity (Wildman–Crippen MR) is 46.4 cm³/mol. The molecule has 3 heteroatoms. The Balaban J connectivity index is 2.80. The van der Waals surface area contributed by atoms with Crippen LogP contribution in [0.25, 0.3) is 0 Å². The average Bonchev–Trinajstić information content (AvgIpc) is 2.71. The summed E-state index contributed by atoms with van der Waals surface area (Å²) < 4.78 is 0. The minimum atomic E-state index is 0.556. The van der Waals surface area contributed by atoms with Crippen molar-refractivity contribution in [2.45, 2.75) is 19.8 Å². The molecule has 1 saturated carbocycles. The van der Waals surface area contributed by atoms with Crippen LogP contribution in [-0.2, 0) is 0 Å². The van der Waals surface area contributed by atoms with Crippen LogP contribution in [0.4, 0.5) is 0 Å². The third kappa shape index (κ3) is 1.73. The summed E-state index contributed by atoms with van der Waals surface area (Å²) in [7, 11) is 1.79. The molecule has 1 aliphatic carbocycles. The maximum atomic E-state index is 7.48. The fourth-order valence-electron chi connectivity index (χ4n) is 1.23. The van der Waals surface area contributed by atoms with Crippen molar-refractivity contribution in [1.82, 2.24) is 5.32 Å². The zero-order valence-electron chi connectivity index (χ0n) is 7.07. The van der Waals surface area contributed by atoms with Gasteiger partial charge in [0.15, 0.2) is 0 Å². The Kier molecular flexibility index (Phi) is 2.17. The molecule has 4 N–H and O–H groups in total. The van der Waals surface area contributed by atoms with Gasteiger partial charge in [0.25, 0.3) is 0 Å². The van der Waals surface area contributed by atoms with Gasteiger partial charge >= 0.3 is 0 Å². The van der Waals surface area contributed by atoms with E-state index in [-0.39, 0.29) is 0 Å².